The fourth-order valence-electron chi connectivity index (χ4n) is 4.23. The quantitative estimate of drug-likeness (QED) is 0.470. The van der Waals surface area contributed by atoms with Gasteiger partial charge in [-0.2, -0.15) is 10.4 Å². The van der Waals surface area contributed by atoms with Gasteiger partial charge in [0.05, 0.1) is 16.9 Å². The number of nitrogens with zero attached hydrogens (tertiary/aromatic N) is 6. The lowest BCUT2D eigenvalue weighted by Crippen LogP contribution is -2.32. The highest BCUT2D eigenvalue weighted by Gasteiger charge is 2.32. The van der Waals surface area contributed by atoms with Crippen LogP contribution in [0.25, 0.3) is 16.8 Å². The average molecular weight is 480 g/mol. The van der Waals surface area contributed by atoms with Gasteiger partial charge in [-0.3, -0.25) is 14.6 Å². The molecule has 2 N–H and O–H groups in total. The normalized spacial score (nSPS) is 13.2. The standard InChI is InChI=1S/C26H21N7O3/c1-30-25(35)33(16-29-30)21-9-7-17(8-10-21)18-5-6-20(15-27)23(14-18)32-12-11-31(26(32)36)22-4-2-3-19(13-22)24(28)34/h2-10,13-14,16H,11-12H2,1H3,(H2,28,34). The summed E-state index contributed by atoms with van der Waals surface area (Å²) in [5.41, 5.74) is 9.24. The number of primary amides is 1. The Balaban J connectivity index is 1.46. The second kappa shape index (κ2) is 8.88. The summed E-state index contributed by atoms with van der Waals surface area (Å²) in [5.74, 6) is -0.570. The fraction of sp³-hybridized carbons (Fsp3) is 0.115. The number of hydrogen-bond donors (Lipinski definition) is 1. The van der Waals surface area contributed by atoms with Crippen LogP contribution in [0.15, 0.2) is 77.9 Å². The number of nitrogens with two attached hydrogens (primary N) is 1. The first-order valence-corrected chi connectivity index (χ1v) is 11.1. The highest BCUT2D eigenvalue weighted by molar-refractivity contribution is 6.07. The number of hydrogen-bond acceptors (Lipinski definition) is 5. The van der Waals surface area contributed by atoms with Crippen molar-refractivity contribution in [3.05, 3.63) is 94.7 Å². The minimum Gasteiger partial charge on any atom is -0.366 e. The SMILES string of the molecule is Cn1ncn(-c2ccc(-c3ccc(C#N)c(N4CCN(c5cccc(C(N)=O)c5)C4=O)c3)cc2)c1=O. The highest BCUT2D eigenvalue weighted by atomic mass is 16.2. The number of carbonyl (C=O) groups excluding carboxylic acids is 2. The van der Waals surface area contributed by atoms with Crippen LogP contribution in [0.4, 0.5) is 16.2 Å². The Kier molecular flexibility index (Phi) is 5.58. The van der Waals surface area contributed by atoms with Crippen LogP contribution < -0.4 is 21.2 Å². The Morgan fingerprint density at radius 1 is 0.944 bits per heavy atom. The molecule has 1 fully saturated rings. The van der Waals surface area contributed by atoms with E-state index in [4.69, 9.17) is 5.73 Å². The maximum Gasteiger partial charge on any atom is 0.350 e. The molecule has 0 unspecified atom stereocenters. The molecule has 10 heteroatoms. The smallest absolute Gasteiger partial charge is 0.350 e. The van der Waals surface area contributed by atoms with Gasteiger partial charge in [0.2, 0.25) is 5.91 Å². The van der Waals surface area contributed by atoms with Crippen molar-refractivity contribution < 1.29 is 9.59 Å². The Morgan fingerprint density at radius 3 is 2.33 bits per heavy atom. The fourth-order valence-corrected chi connectivity index (χ4v) is 4.23. The van der Waals surface area contributed by atoms with E-state index >= 15 is 0 Å². The van der Waals surface area contributed by atoms with Gasteiger partial charge in [0.25, 0.3) is 0 Å². The Bertz CT molecular complexity index is 1600. The van der Waals surface area contributed by atoms with Gasteiger partial charge in [-0.25, -0.2) is 18.8 Å². The van der Waals surface area contributed by atoms with Crippen molar-refractivity contribution in [3.63, 3.8) is 0 Å². The van der Waals surface area contributed by atoms with E-state index in [0.29, 0.717) is 41.3 Å². The van der Waals surface area contributed by atoms with Gasteiger partial charge in [-0.15, -0.1) is 0 Å². The molecule has 4 aromatic rings. The van der Waals surface area contributed by atoms with Crippen LogP contribution in [0, 0.1) is 11.3 Å². The van der Waals surface area contributed by atoms with Crippen molar-refractivity contribution in [2.45, 2.75) is 0 Å². The number of amides is 3. The molecule has 1 aliphatic heterocycles. The van der Waals surface area contributed by atoms with Gasteiger partial charge in [0, 0.05) is 31.4 Å². The zero-order chi connectivity index (χ0) is 25.4. The molecule has 0 atom stereocenters. The van der Waals surface area contributed by atoms with E-state index < -0.39 is 5.91 Å². The number of anilines is 2. The van der Waals surface area contributed by atoms with Crippen LogP contribution in [0.1, 0.15) is 15.9 Å². The van der Waals surface area contributed by atoms with Gasteiger partial charge >= 0.3 is 11.7 Å². The van der Waals surface area contributed by atoms with E-state index in [1.54, 1.807) is 47.2 Å². The van der Waals surface area contributed by atoms with Gasteiger partial charge in [0.1, 0.15) is 12.4 Å². The first-order chi connectivity index (χ1) is 17.4. The molecule has 36 heavy (non-hydrogen) atoms. The van der Waals surface area contributed by atoms with Crippen molar-refractivity contribution >= 4 is 23.3 Å². The summed E-state index contributed by atoms with van der Waals surface area (Å²) in [5, 5.41) is 13.7. The number of aromatic nitrogens is 3. The third kappa shape index (κ3) is 3.88. The molecule has 3 amide bonds. The largest absolute Gasteiger partial charge is 0.366 e. The van der Waals surface area contributed by atoms with Gasteiger partial charge in [-0.1, -0.05) is 24.3 Å². The molecule has 3 aromatic carbocycles. The molecular formula is C26H21N7O3. The predicted molar refractivity (Wildman–Crippen MR) is 134 cm³/mol. The second-order valence-corrected chi connectivity index (χ2v) is 8.30. The number of rotatable bonds is 5. The lowest BCUT2D eigenvalue weighted by molar-refractivity contribution is 0.1000. The third-order valence-corrected chi connectivity index (χ3v) is 6.16. The number of carbonyl (C=O) groups is 2. The summed E-state index contributed by atoms with van der Waals surface area (Å²) in [6, 6.07) is 21.1. The first-order valence-electron chi connectivity index (χ1n) is 11.1. The first kappa shape index (κ1) is 22.6. The molecule has 178 valence electrons. The van der Waals surface area contributed by atoms with Crippen LogP contribution in [-0.4, -0.2) is 39.4 Å². The van der Waals surface area contributed by atoms with Crippen molar-refractivity contribution in [1.29, 1.82) is 5.26 Å². The van der Waals surface area contributed by atoms with E-state index in [0.717, 1.165) is 11.1 Å². The maximum atomic E-state index is 13.3. The molecule has 0 spiro atoms. The second-order valence-electron chi connectivity index (χ2n) is 8.30. The monoisotopic (exact) mass is 479 g/mol. The van der Waals surface area contributed by atoms with Crippen molar-refractivity contribution in [2.75, 3.05) is 22.9 Å². The Hall–Kier alpha value is -5.17. The third-order valence-electron chi connectivity index (χ3n) is 6.16. The summed E-state index contributed by atoms with van der Waals surface area (Å²) >= 11 is 0. The summed E-state index contributed by atoms with van der Waals surface area (Å²) in [7, 11) is 1.58. The Morgan fingerprint density at radius 2 is 1.67 bits per heavy atom. The summed E-state index contributed by atoms with van der Waals surface area (Å²) in [6.45, 7) is 0.769. The zero-order valence-electron chi connectivity index (χ0n) is 19.3. The van der Waals surface area contributed by atoms with Crippen LogP contribution in [0.2, 0.25) is 0 Å². The van der Waals surface area contributed by atoms with E-state index in [-0.39, 0.29) is 11.7 Å². The number of benzene rings is 3. The highest BCUT2D eigenvalue weighted by Crippen LogP contribution is 2.32. The van der Waals surface area contributed by atoms with E-state index in [1.807, 2.05) is 36.4 Å². The topological polar surface area (TPSA) is 130 Å². The van der Waals surface area contributed by atoms with Crippen LogP contribution in [0.5, 0.6) is 0 Å². The lowest BCUT2D eigenvalue weighted by atomic mass is 10.0. The van der Waals surface area contributed by atoms with Crippen LogP contribution >= 0.6 is 0 Å². The minimum atomic E-state index is -0.570. The molecule has 10 nitrogen and oxygen atoms in total. The molecule has 1 aromatic heterocycles. The molecule has 5 rings (SSSR count). The minimum absolute atomic E-state index is 0.248. The maximum absolute atomic E-state index is 13.3. The molecule has 0 aliphatic carbocycles. The van der Waals surface area contributed by atoms with E-state index in [9.17, 15) is 19.6 Å². The van der Waals surface area contributed by atoms with Gasteiger partial charge in [-0.05, 0) is 53.6 Å². The lowest BCUT2D eigenvalue weighted by Gasteiger charge is -2.20. The number of nitriles is 1. The summed E-state index contributed by atoms with van der Waals surface area (Å²) in [4.78, 5) is 40.2. The predicted octanol–water partition coefficient (Wildman–Crippen LogP) is 2.66. The summed E-state index contributed by atoms with van der Waals surface area (Å²) < 4.78 is 2.69. The molecule has 2 heterocycles. The molecule has 0 saturated carbocycles. The Labute approximate surface area is 206 Å². The van der Waals surface area contributed by atoms with Crippen molar-refractivity contribution in [3.8, 4) is 22.9 Å². The van der Waals surface area contributed by atoms with Crippen molar-refractivity contribution in [2.24, 2.45) is 12.8 Å². The van der Waals surface area contributed by atoms with E-state index in [2.05, 4.69) is 11.2 Å². The van der Waals surface area contributed by atoms with Crippen LogP contribution in [0.3, 0.4) is 0 Å². The van der Waals surface area contributed by atoms with Crippen molar-refractivity contribution in [1.82, 2.24) is 14.3 Å². The number of aryl methyl sites for hydroxylation is 1. The van der Waals surface area contributed by atoms with Gasteiger partial charge in [0.15, 0.2) is 0 Å². The molecular weight excluding hydrogens is 458 g/mol. The average Bonchev–Trinajstić information content (AvgIpc) is 3.45. The summed E-state index contributed by atoms with van der Waals surface area (Å²) in [6.07, 6.45) is 1.46. The molecule has 0 bridgehead atoms. The van der Waals surface area contributed by atoms with E-state index in [1.165, 1.54) is 15.6 Å². The molecule has 0 radical (unpaired) electrons. The van der Waals surface area contributed by atoms with Gasteiger partial charge < -0.3 is 5.73 Å². The molecule has 1 saturated heterocycles. The molecule has 1 aliphatic rings. The number of urea groups is 1. The zero-order valence-corrected chi connectivity index (χ0v) is 19.3. The van der Waals surface area contributed by atoms with Crippen LogP contribution in [-0.2, 0) is 7.05 Å².